The van der Waals surface area contributed by atoms with Gasteiger partial charge in [0.1, 0.15) is 0 Å². The number of halogens is 2. The molecule has 0 saturated carbocycles. The van der Waals surface area contributed by atoms with E-state index in [1.54, 1.807) is 12.1 Å². The quantitative estimate of drug-likeness (QED) is 0.464. The van der Waals surface area contributed by atoms with Crippen LogP contribution < -0.4 is 29.6 Å². The van der Waals surface area contributed by atoms with Crippen LogP contribution in [0, 0.1) is 0 Å². The van der Waals surface area contributed by atoms with Gasteiger partial charge in [-0.2, -0.15) is 0 Å². The number of carboxylic acid groups (broad SMARTS) is 1. The second-order valence-electron chi connectivity index (χ2n) is 2.67. The molecule has 0 amide bonds. The summed E-state index contributed by atoms with van der Waals surface area (Å²) in [5, 5.41) is 9.15. The second-order valence-corrected chi connectivity index (χ2v) is 3.51. The van der Waals surface area contributed by atoms with Gasteiger partial charge in [0.2, 0.25) is 0 Å². The molecule has 1 aromatic carbocycles. The van der Waals surface area contributed by atoms with Crippen molar-refractivity contribution in [2.24, 2.45) is 0 Å². The van der Waals surface area contributed by atoms with E-state index in [0.29, 0.717) is 15.6 Å². The van der Waals surface area contributed by atoms with Gasteiger partial charge in [0.05, 0.1) is 0 Å². The Bertz CT molecular complexity index is 444. The van der Waals surface area contributed by atoms with Crippen LogP contribution in [-0.4, -0.2) is 16.9 Å². The van der Waals surface area contributed by atoms with Gasteiger partial charge < -0.3 is 5.11 Å². The van der Waals surface area contributed by atoms with Crippen molar-refractivity contribution in [3.05, 3.63) is 39.9 Å². The molecule has 78 valence electrons. The third-order valence-corrected chi connectivity index (χ3v) is 2.15. The molecule has 6 heteroatoms. The fourth-order valence-electron chi connectivity index (χ4n) is 0.873. The number of aliphatic carboxylic acids is 1. The van der Waals surface area contributed by atoms with Gasteiger partial charge in [0.15, 0.2) is 0 Å². The maximum absolute atomic E-state index is 10.7. The summed E-state index contributed by atoms with van der Waals surface area (Å²) in [4.78, 5) is 20.9. The van der Waals surface area contributed by atoms with Gasteiger partial charge in [-0.3, -0.25) is 4.79 Å². The largest absolute Gasteiger partial charge is 1.00 e. The van der Waals surface area contributed by atoms with E-state index in [1.165, 1.54) is 12.1 Å². The fraction of sp³-hybridized carbons (Fsp3) is 0. The fourth-order valence-corrected chi connectivity index (χ4v) is 1.34. The summed E-state index contributed by atoms with van der Waals surface area (Å²) in [6, 6.07) is 4.70. The molecule has 0 aliphatic rings. The molecule has 1 rings (SSSR count). The summed E-state index contributed by atoms with van der Waals surface area (Å²) in [6.07, 6.45) is 2.27. The number of carboxylic acids is 1. The van der Waals surface area contributed by atoms with Gasteiger partial charge in [-0.15, -0.1) is 0 Å². The van der Waals surface area contributed by atoms with Crippen LogP contribution in [0.15, 0.2) is 24.3 Å². The molecule has 3 nitrogen and oxygen atoms in total. The van der Waals surface area contributed by atoms with Crippen LogP contribution in [0.2, 0.25) is 10.0 Å². The first-order chi connectivity index (χ1) is 7.00. The van der Waals surface area contributed by atoms with E-state index in [0.717, 1.165) is 6.08 Å². The molecule has 0 atom stereocenters. The first-order valence-corrected chi connectivity index (χ1v) is 4.66. The van der Waals surface area contributed by atoms with E-state index in [2.05, 4.69) is 0 Å². The number of carbonyl (C=O) groups excluding carboxylic acids is 1. The van der Waals surface area contributed by atoms with Gasteiger partial charge in [-0.25, -0.2) is 4.79 Å². The van der Waals surface area contributed by atoms with Crippen LogP contribution in [0.4, 0.5) is 0 Å². The number of benzene rings is 1. The molecule has 0 aromatic heterocycles. The molecular formula is C10H6Cl2NaO3+. The van der Waals surface area contributed by atoms with E-state index in [4.69, 9.17) is 28.3 Å². The Labute approximate surface area is 124 Å². The van der Waals surface area contributed by atoms with Crippen LogP contribution in [0.1, 0.15) is 5.56 Å². The van der Waals surface area contributed by atoms with Gasteiger partial charge in [0.25, 0.3) is 5.78 Å². The van der Waals surface area contributed by atoms with E-state index < -0.39 is 11.8 Å². The van der Waals surface area contributed by atoms with Gasteiger partial charge >= 0.3 is 35.5 Å². The summed E-state index contributed by atoms with van der Waals surface area (Å²) in [5.74, 6) is -2.50. The van der Waals surface area contributed by atoms with Crippen molar-refractivity contribution in [1.29, 1.82) is 0 Å². The zero-order valence-corrected chi connectivity index (χ0v) is 11.9. The number of hydrogen-bond donors (Lipinski definition) is 1. The van der Waals surface area contributed by atoms with Crippen LogP contribution in [0.5, 0.6) is 0 Å². The molecule has 0 fully saturated rings. The predicted molar refractivity (Wildman–Crippen MR) is 58.1 cm³/mol. The summed E-state index contributed by atoms with van der Waals surface area (Å²) < 4.78 is 0. The van der Waals surface area contributed by atoms with Gasteiger partial charge in [-0.1, -0.05) is 29.3 Å². The standard InChI is InChI=1S/C10H6Cl2O3.Na/c11-7-3-1-6(8(12)5-7)2-4-9(13)10(14)15;/h1-5H,(H,14,15);/q;+1/b4-2+;. The molecule has 0 saturated heterocycles. The molecule has 0 aliphatic carbocycles. The van der Waals surface area contributed by atoms with Crippen molar-refractivity contribution in [1.82, 2.24) is 0 Å². The minimum Gasteiger partial charge on any atom is -0.475 e. The molecular weight excluding hydrogens is 262 g/mol. The van der Waals surface area contributed by atoms with Crippen molar-refractivity contribution in [3.8, 4) is 0 Å². The van der Waals surface area contributed by atoms with E-state index in [-0.39, 0.29) is 29.6 Å². The minimum atomic E-state index is -1.50. The second kappa shape index (κ2) is 7.09. The Balaban J connectivity index is 0.00000225. The number of hydrogen-bond acceptors (Lipinski definition) is 2. The molecule has 0 heterocycles. The zero-order chi connectivity index (χ0) is 11.4. The smallest absolute Gasteiger partial charge is 0.475 e. The van der Waals surface area contributed by atoms with Gasteiger partial charge in [-0.05, 0) is 29.8 Å². The monoisotopic (exact) mass is 267 g/mol. The normalized spacial score (nSPS) is 9.88. The molecule has 1 aromatic rings. The predicted octanol–water partition coefficient (Wildman–Crippen LogP) is -0.336. The van der Waals surface area contributed by atoms with Crippen LogP contribution in [-0.2, 0) is 9.59 Å². The molecule has 16 heavy (non-hydrogen) atoms. The van der Waals surface area contributed by atoms with E-state index in [9.17, 15) is 9.59 Å². The van der Waals surface area contributed by atoms with Gasteiger partial charge in [0, 0.05) is 10.0 Å². The molecule has 0 spiro atoms. The Morgan fingerprint density at radius 1 is 1.25 bits per heavy atom. The van der Waals surface area contributed by atoms with Crippen molar-refractivity contribution >= 4 is 41.0 Å². The van der Waals surface area contributed by atoms with Crippen molar-refractivity contribution < 1.29 is 44.3 Å². The maximum Gasteiger partial charge on any atom is 1.00 e. The third kappa shape index (κ3) is 4.68. The maximum atomic E-state index is 10.7. The van der Waals surface area contributed by atoms with Crippen molar-refractivity contribution in [2.75, 3.05) is 0 Å². The summed E-state index contributed by atoms with van der Waals surface area (Å²) in [7, 11) is 0. The molecule has 0 bridgehead atoms. The Morgan fingerprint density at radius 3 is 2.38 bits per heavy atom. The molecule has 0 aliphatic heterocycles. The van der Waals surface area contributed by atoms with Crippen LogP contribution in [0.3, 0.4) is 0 Å². The Hall–Kier alpha value is -0.320. The Morgan fingerprint density at radius 2 is 1.88 bits per heavy atom. The average Bonchev–Trinajstić information content (AvgIpc) is 2.15. The van der Waals surface area contributed by atoms with Crippen molar-refractivity contribution in [3.63, 3.8) is 0 Å². The van der Waals surface area contributed by atoms with E-state index >= 15 is 0 Å². The topological polar surface area (TPSA) is 54.4 Å². The van der Waals surface area contributed by atoms with Crippen LogP contribution in [0.25, 0.3) is 6.08 Å². The molecule has 0 radical (unpaired) electrons. The SMILES string of the molecule is O=C(O)C(=O)/C=C/c1ccc(Cl)cc1Cl.[Na+]. The van der Waals surface area contributed by atoms with Crippen LogP contribution >= 0.6 is 23.2 Å². The summed E-state index contributed by atoms with van der Waals surface area (Å²) in [5.41, 5.74) is 0.538. The third-order valence-electron chi connectivity index (χ3n) is 1.59. The number of rotatable bonds is 3. The molecule has 1 N–H and O–H groups in total. The first kappa shape index (κ1) is 15.7. The minimum absolute atomic E-state index is 0. The number of carbonyl (C=O) groups is 2. The average molecular weight is 268 g/mol. The first-order valence-electron chi connectivity index (χ1n) is 3.91. The van der Waals surface area contributed by atoms with Crippen molar-refractivity contribution in [2.45, 2.75) is 0 Å². The Kier molecular flexibility index (Phi) is 6.95. The zero-order valence-electron chi connectivity index (χ0n) is 8.41. The summed E-state index contributed by atoms with van der Waals surface area (Å²) >= 11 is 11.5. The molecule has 0 unspecified atom stereocenters. The van der Waals surface area contributed by atoms with E-state index in [1.807, 2.05) is 0 Å². The summed E-state index contributed by atoms with van der Waals surface area (Å²) in [6.45, 7) is 0. The number of ketones is 1.